The lowest BCUT2D eigenvalue weighted by Gasteiger charge is -2.19. The second-order valence-electron chi connectivity index (χ2n) is 6.72. The zero-order chi connectivity index (χ0) is 18.5. The van der Waals surface area contributed by atoms with Crippen molar-refractivity contribution in [3.05, 3.63) is 35.4 Å². The monoisotopic (exact) mass is 355 g/mol. The Morgan fingerprint density at radius 2 is 1.71 bits per heavy atom. The maximum Gasteiger partial charge on any atom is 0.326 e. The largest absolute Gasteiger partial charge is 0.480 e. The van der Waals surface area contributed by atoms with E-state index >= 15 is 0 Å². The van der Waals surface area contributed by atoms with Gasteiger partial charge in [-0.05, 0) is 29.5 Å². The molecule has 24 heavy (non-hydrogen) atoms. The van der Waals surface area contributed by atoms with Crippen LogP contribution in [0.4, 0.5) is 0 Å². The van der Waals surface area contributed by atoms with E-state index in [2.05, 4.69) is 26.1 Å². The highest BCUT2D eigenvalue weighted by Crippen LogP contribution is 2.22. The Labute approximate surface area is 143 Å². The average molecular weight is 355 g/mol. The Balaban J connectivity index is 2.80. The van der Waals surface area contributed by atoms with Gasteiger partial charge in [-0.25, -0.2) is 13.2 Å². The molecule has 0 fully saturated rings. The van der Waals surface area contributed by atoms with Crippen molar-refractivity contribution in [2.45, 2.75) is 45.6 Å². The lowest BCUT2D eigenvalue weighted by Crippen LogP contribution is -2.42. The molecule has 134 valence electrons. The number of carboxylic acids is 1. The Morgan fingerprint density at radius 3 is 2.12 bits per heavy atom. The summed E-state index contributed by atoms with van der Waals surface area (Å²) in [4.78, 5) is 23.4. The fourth-order valence-corrected chi connectivity index (χ4v) is 2.95. The molecule has 7 heteroatoms. The van der Waals surface area contributed by atoms with E-state index in [-0.39, 0.29) is 23.3 Å². The van der Waals surface area contributed by atoms with Crippen LogP contribution in [-0.2, 0) is 20.0 Å². The molecule has 0 aliphatic carbocycles. The van der Waals surface area contributed by atoms with Crippen molar-refractivity contribution in [1.82, 2.24) is 5.32 Å². The number of carbonyl (C=O) groups excluding carboxylic acids is 1. The molecule has 2 N–H and O–H groups in total. The van der Waals surface area contributed by atoms with Crippen molar-refractivity contribution < 1.29 is 23.1 Å². The Bertz CT molecular complexity index is 687. The summed E-state index contributed by atoms with van der Waals surface area (Å²) in [6, 6.07) is 5.69. The lowest BCUT2D eigenvalue weighted by molar-refractivity contribution is -0.139. The highest BCUT2D eigenvalue weighted by molar-refractivity contribution is 7.91. The van der Waals surface area contributed by atoms with Gasteiger partial charge in [0.05, 0.1) is 5.75 Å². The highest BCUT2D eigenvalue weighted by Gasteiger charge is 2.23. The van der Waals surface area contributed by atoms with E-state index < -0.39 is 27.8 Å². The number of hydrogen-bond acceptors (Lipinski definition) is 4. The van der Waals surface area contributed by atoms with Crippen LogP contribution < -0.4 is 5.32 Å². The number of carbonyl (C=O) groups is 2. The molecular formula is C17H25NO5S. The Kier molecular flexibility index (Phi) is 6.54. The van der Waals surface area contributed by atoms with Crippen LogP contribution in [0, 0.1) is 0 Å². The predicted octanol–water partition coefficient (Wildman–Crippen LogP) is 1.99. The summed E-state index contributed by atoms with van der Waals surface area (Å²) < 4.78 is 23.0. The zero-order valence-electron chi connectivity index (χ0n) is 14.5. The summed E-state index contributed by atoms with van der Waals surface area (Å²) >= 11 is 0. The van der Waals surface area contributed by atoms with E-state index in [9.17, 15) is 23.1 Å². The molecule has 1 unspecified atom stereocenters. The summed E-state index contributed by atoms with van der Waals surface area (Å²) in [5, 5.41) is 11.6. The van der Waals surface area contributed by atoms with Gasteiger partial charge in [0, 0.05) is 11.3 Å². The van der Waals surface area contributed by atoms with Gasteiger partial charge in [0.25, 0.3) is 5.91 Å². The van der Waals surface area contributed by atoms with Crippen LogP contribution in [0.1, 0.15) is 50.0 Å². The van der Waals surface area contributed by atoms with Crippen molar-refractivity contribution >= 4 is 21.7 Å². The molecule has 1 amide bonds. The number of carboxylic acid groups (broad SMARTS) is 1. The first-order chi connectivity index (χ1) is 11.0. The minimum Gasteiger partial charge on any atom is -0.480 e. The number of hydrogen-bond donors (Lipinski definition) is 2. The van der Waals surface area contributed by atoms with Crippen molar-refractivity contribution in [3.8, 4) is 0 Å². The van der Waals surface area contributed by atoms with Gasteiger partial charge in [-0.3, -0.25) is 4.79 Å². The van der Waals surface area contributed by atoms with E-state index in [0.717, 1.165) is 5.56 Å². The smallest absolute Gasteiger partial charge is 0.326 e. The maximum absolute atomic E-state index is 12.2. The first-order valence-electron chi connectivity index (χ1n) is 7.81. The lowest BCUT2D eigenvalue weighted by atomic mass is 9.86. The van der Waals surface area contributed by atoms with Crippen molar-refractivity contribution in [2.24, 2.45) is 0 Å². The molecule has 0 bridgehead atoms. The van der Waals surface area contributed by atoms with E-state index in [1.54, 1.807) is 12.1 Å². The van der Waals surface area contributed by atoms with Crippen LogP contribution in [0.25, 0.3) is 0 Å². The van der Waals surface area contributed by atoms with Gasteiger partial charge in [0.2, 0.25) is 0 Å². The van der Waals surface area contributed by atoms with Crippen molar-refractivity contribution in [3.63, 3.8) is 0 Å². The summed E-state index contributed by atoms with van der Waals surface area (Å²) in [5.74, 6) is -2.11. The van der Waals surface area contributed by atoms with Gasteiger partial charge in [-0.15, -0.1) is 0 Å². The second-order valence-corrected chi connectivity index (χ2v) is 9.19. The maximum atomic E-state index is 12.2. The minimum absolute atomic E-state index is 0.0485. The second kappa shape index (κ2) is 7.79. The minimum atomic E-state index is -3.29. The van der Waals surface area contributed by atoms with Gasteiger partial charge in [-0.1, -0.05) is 39.8 Å². The average Bonchev–Trinajstić information content (AvgIpc) is 2.50. The molecule has 1 aromatic rings. The summed E-state index contributed by atoms with van der Waals surface area (Å²) in [5.41, 5.74) is 1.35. The molecule has 0 saturated heterocycles. The van der Waals surface area contributed by atoms with E-state index in [1.807, 2.05) is 12.1 Å². The van der Waals surface area contributed by atoms with E-state index in [4.69, 9.17) is 0 Å². The third-order valence-electron chi connectivity index (χ3n) is 3.77. The number of amides is 1. The number of sulfone groups is 1. The van der Waals surface area contributed by atoms with Gasteiger partial charge in [-0.2, -0.15) is 0 Å². The Morgan fingerprint density at radius 1 is 1.17 bits per heavy atom. The number of aliphatic carboxylic acids is 1. The van der Waals surface area contributed by atoms with E-state index in [0.29, 0.717) is 5.56 Å². The van der Waals surface area contributed by atoms with Crippen LogP contribution in [0.3, 0.4) is 0 Å². The van der Waals surface area contributed by atoms with Gasteiger partial charge in [0.1, 0.15) is 15.9 Å². The number of rotatable bonds is 7. The first kappa shape index (κ1) is 20.2. The van der Waals surface area contributed by atoms with Crippen LogP contribution in [0.5, 0.6) is 0 Å². The van der Waals surface area contributed by atoms with Crippen molar-refractivity contribution in [2.75, 3.05) is 11.5 Å². The zero-order valence-corrected chi connectivity index (χ0v) is 15.3. The molecule has 1 rings (SSSR count). The number of benzene rings is 1. The summed E-state index contributed by atoms with van der Waals surface area (Å²) in [6.45, 7) is 7.66. The van der Waals surface area contributed by atoms with Crippen LogP contribution >= 0.6 is 0 Å². The fourth-order valence-electron chi connectivity index (χ4n) is 2.06. The van der Waals surface area contributed by atoms with E-state index in [1.165, 1.54) is 6.92 Å². The molecular weight excluding hydrogens is 330 g/mol. The third-order valence-corrected chi connectivity index (χ3v) is 5.51. The molecule has 1 aromatic carbocycles. The van der Waals surface area contributed by atoms with Gasteiger partial charge >= 0.3 is 5.97 Å². The SMILES string of the molecule is CCS(=O)(=O)CCC(NC(=O)c1ccc(C(C)(C)C)cc1)C(=O)O. The molecule has 0 aliphatic rings. The molecule has 0 aromatic heterocycles. The fraction of sp³-hybridized carbons (Fsp3) is 0.529. The van der Waals surface area contributed by atoms with Gasteiger partial charge < -0.3 is 10.4 Å². The topological polar surface area (TPSA) is 101 Å². The predicted molar refractivity (Wildman–Crippen MR) is 93.0 cm³/mol. The van der Waals surface area contributed by atoms with Crippen LogP contribution in [-0.4, -0.2) is 42.9 Å². The van der Waals surface area contributed by atoms with Crippen molar-refractivity contribution in [1.29, 1.82) is 0 Å². The normalized spacial score (nSPS) is 13.3. The third kappa shape index (κ3) is 5.96. The molecule has 6 nitrogen and oxygen atoms in total. The molecule has 0 heterocycles. The molecule has 0 spiro atoms. The summed E-state index contributed by atoms with van der Waals surface area (Å²) in [6.07, 6.45) is -0.155. The molecule has 1 atom stereocenters. The first-order valence-corrected chi connectivity index (χ1v) is 9.63. The summed E-state index contributed by atoms with van der Waals surface area (Å²) in [7, 11) is -3.29. The Hall–Kier alpha value is -1.89. The van der Waals surface area contributed by atoms with Crippen LogP contribution in [0.2, 0.25) is 0 Å². The molecule has 0 saturated carbocycles. The molecule has 0 aliphatic heterocycles. The number of nitrogens with one attached hydrogen (secondary N) is 1. The standard InChI is InChI=1S/C17H25NO5S/c1-5-24(22,23)11-10-14(16(20)21)18-15(19)12-6-8-13(9-7-12)17(2,3)4/h6-9,14H,5,10-11H2,1-4H3,(H,18,19)(H,20,21). The molecule has 0 radical (unpaired) electrons. The van der Waals surface area contributed by atoms with Crippen LogP contribution in [0.15, 0.2) is 24.3 Å². The quantitative estimate of drug-likeness (QED) is 0.779. The highest BCUT2D eigenvalue weighted by atomic mass is 32.2. The van der Waals surface area contributed by atoms with Gasteiger partial charge in [0.15, 0.2) is 0 Å².